The maximum absolute atomic E-state index is 12.3. The summed E-state index contributed by atoms with van der Waals surface area (Å²) in [6.07, 6.45) is 0. The van der Waals surface area contributed by atoms with Gasteiger partial charge in [0.2, 0.25) is 0 Å². The van der Waals surface area contributed by atoms with Crippen LogP contribution in [0.1, 0.15) is 20.9 Å². The van der Waals surface area contributed by atoms with Gasteiger partial charge in [-0.2, -0.15) is 0 Å². The van der Waals surface area contributed by atoms with Crippen molar-refractivity contribution in [1.82, 2.24) is 9.88 Å². The minimum atomic E-state index is -0.536. The van der Waals surface area contributed by atoms with Crippen molar-refractivity contribution in [1.29, 1.82) is 0 Å². The topological polar surface area (TPSA) is 59.5 Å². The van der Waals surface area contributed by atoms with E-state index in [4.69, 9.17) is 4.74 Å². The van der Waals surface area contributed by atoms with E-state index in [-0.39, 0.29) is 12.5 Å². The fourth-order valence-electron chi connectivity index (χ4n) is 2.38. The Labute approximate surface area is 159 Å². The number of aromatic nitrogens is 1. The Hall–Kier alpha value is -2.51. The molecule has 0 spiro atoms. The van der Waals surface area contributed by atoms with Crippen molar-refractivity contribution < 1.29 is 14.3 Å². The molecule has 0 unspecified atom stereocenters. The predicted molar refractivity (Wildman–Crippen MR) is 103 cm³/mol. The van der Waals surface area contributed by atoms with Crippen molar-refractivity contribution in [3.63, 3.8) is 0 Å². The number of esters is 1. The highest BCUT2D eigenvalue weighted by Crippen LogP contribution is 2.24. The zero-order chi connectivity index (χ0) is 18.5. The van der Waals surface area contributed by atoms with E-state index in [1.165, 1.54) is 0 Å². The molecular weight excluding hydrogens is 368 g/mol. The van der Waals surface area contributed by atoms with Crippen LogP contribution in [0.25, 0.3) is 10.6 Å². The molecule has 5 nitrogen and oxygen atoms in total. The van der Waals surface area contributed by atoms with Crippen molar-refractivity contribution in [3.05, 3.63) is 63.3 Å². The molecule has 0 saturated heterocycles. The smallest absolute Gasteiger partial charge is 0.340 e. The molecular formula is C19H18N2O3S2. The Morgan fingerprint density at radius 1 is 1.12 bits per heavy atom. The highest BCUT2D eigenvalue weighted by molar-refractivity contribution is 7.13. The van der Waals surface area contributed by atoms with Gasteiger partial charge in [-0.1, -0.05) is 12.1 Å². The van der Waals surface area contributed by atoms with E-state index in [0.29, 0.717) is 17.8 Å². The number of hydrogen-bond acceptors (Lipinski definition) is 6. The zero-order valence-electron chi connectivity index (χ0n) is 14.5. The van der Waals surface area contributed by atoms with Gasteiger partial charge in [0.25, 0.3) is 5.91 Å². The van der Waals surface area contributed by atoms with Crippen molar-refractivity contribution in [2.45, 2.75) is 13.5 Å². The van der Waals surface area contributed by atoms with E-state index in [1.54, 1.807) is 53.7 Å². The first-order valence-electron chi connectivity index (χ1n) is 7.99. The Morgan fingerprint density at radius 3 is 2.54 bits per heavy atom. The van der Waals surface area contributed by atoms with E-state index in [2.05, 4.69) is 4.98 Å². The lowest BCUT2D eigenvalue weighted by molar-refractivity contribution is -0.133. The van der Waals surface area contributed by atoms with Crippen LogP contribution < -0.4 is 0 Å². The van der Waals surface area contributed by atoms with Crippen LogP contribution >= 0.6 is 22.7 Å². The van der Waals surface area contributed by atoms with Gasteiger partial charge in [0.1, 0.15) is 0 Å². The number of carbonyl (C=O) groups excluding carboxylic acids is 2. The maximum atomic E-state index is 12.3. The molecule has 0 aliphatic carbocycles. The van der Waals surface area contributed by atoms with Crippen molar-refractivity contribution >= 4 is 34.6 Å². The van der Waals surface area contributed by atoms with E-state index in [1.807, 2.05) is 35.0 Å². The van der Waals surface area contributed by atoms with Crippen LogP contribution in [0, 0.1) is 6.92 Å². The molecule has 3 rings (SSSR count). The van der Waals surface area contributed by atoms with Gasteiger partial charge in [-0.15, -0.1) is 22.7 Å². The third-order valence-electron chi connectivity index (χ3n) is 3.80. The number of amides is 1. The van der Waals surface area contributed by atoms with Gasteiger partial charge in [0.15, 0.2) is 6.61 Å². The molecule has 0 N–H and O–H groups in total. The molecule has 134 valence electrons. The SMILES string of the molecule is Cc1nc(-c2cccs2)ccc1C(=O)OCC(=O)N(C)Cc1cccs1. The molecule has 0 fully saturated rings. The molecule has 0 radical (unpaired) electrons. The highest BCUT2D eigenvalue weighted by Gasteiger charge is 2.17. The van der Waals surface area contributed by atoms with E-state index < -0.39 is 5.97 Å². The number of rotatable bonds is 6. The van der Waals surface area contributed by atoms with Gasteiger partial charge in [-0.05, 0) is 41.9 Å². The number of ether oxygens (including phenoxy) is 1. The molecule has 0 atom stereocenters. The minimum absolute atomic E-state index is 0.243. The summed E-state index contributed by atoms with van der Waals surface area (Å²) in [5, 5.41) is 3.94. The number of pyridine rings is 1. The third-order valence-corrected chi connectivity index (χ3v) is 5.56. The first-order chi connectivity index (χ1) is 12.5. The monoisotopic (exact) mass is 386 g/mol. The van der Waals surface area contributed by atoms with Gasteiger partial charge in [0.05, 0.1) is 28.4 Å². The van der Waals surface area contributed by atoms with E-state index in [0.717, 1.165) is 15.4 Å². The largest absolute Gasteiger partial charge is 0.452 e. The number of likely N-dealkylation sites (N-methyl/N-ethyl adjacent to an activating group) is 1. The van der Waals surface area contributed by atoms with Crippen LogP contribution in [-0.2, 0) is 16.1 Å². The first kappa shape index (κ1) is 18.3. The molecule has 1 amide bonds. The predicted octanol–water partition coefficient (Wildman–Crippen LogP) is 4.00. The summed E-state index contributed by atoms with van der Waals surface area (Å²) < 4.78 is 5.18. The minimum Gasteiger partial charge on any atom is -0.452 e. The Bertz CT molecular complexity index is 890. The molecule has 26 heavy (non-hydrogen) atoms. The van der Waals surface area contributed by atoms with Gasteiger partial charge < -0.3 is 9.64 Å². The maximum Gasteiger partial charge on any atom is 0.340 e. The Kier molecular flexibility index (Phi) is 5.80. The lowest BCUT2D eigenvalue weighted by Crippen LogP contribution is -2.30. The zero-order valence-corrected chi connectivity index (χ0v) is 16.1. The lowest BCUT2D eigenvalue weighted by atomic mass is 10.2. The van der Waals surface area contributed by atoms with Crippen LogP contribution in [0.15, 0.2) is 47.2 Å². The lowest BCUT2D eigenvalue weighted by Gasteiger charge is -2.16. The fourth-order valence-corrected chi connectivity index (χ4v) is 3.83. The summed E-state index contributed by atoms with van der Waals surface area (Å²) in [5.74, 6) is -0.779. The number of carbonyl (C=O) groups is 2. The molecule has 0 bridgehead atoms. The first-order valence-corrected chi connectivity index (χ1v) is 9.75. The second-order valence-electron chi connectivity index (χ2n) is 5.71. The van der Waals surface area contributed by atoms with Crippen LogP contribution in [0.4, 0.5) is 0 Å². The van der Waals surface area contributed by atoms with E-state index in [9.17, 15) is 9.59 Å². The van der Waals surface area contributed by atoms with Crippen molar-refractivity contribution in [2.24, 2.45) is 0 Å². The second kappa shape index (κ2) is 8.25. The molecule has 3 heterocycles. The molecule has 3 aromatic rings. The quantitative estimate of drug-likeness (QED) is 0.601. The summed E-state index contributed by atoms with van der Waals surface area (Å²) >= 11 is 3.17. The summed E-state index contributed by atoms with van der Waals surface area (Å²) in [7, 11) is 1.69. The number of hydrogen-bond donors (Lipinski definition) is 0. The Morgan fingerprint density at radius 2 is 1.88 bits per heavy atom. The normalized spacial score (nSPS) is 10.5. The number of aryl methyl sites for hydroxylation is 1. The van der Waals surface area contributed by atoms with Gasteiger partial charge in [-0.25, -0.2) is 4.79 Å². The molecule has 0 aliphatic heterocycles. The third kappa shape index (κ3) is 4.36. The number of nitrogens with zero attached hydrogens (tertiary/aromatic N) is 2. The average Bonchev–Trinajstić information content (AvgIpc) is 3.33. The van der Waals surface area contributed by atoms with Gasteiger partial charge >= 0.3 is 5.97 Å². The standard InChI is InChI=1S/C19H18N2O3S2/c1-13-15(7-8-16(20-13)17-6-4-10-26-17)19(23)24-12-18(22)21(2)11-14-5-3-9-25-14/h3-10H,11-12H2,1-2H3. The summed E-state index contributed by atoms with van der Waals surface area (Å²) in [6.45, 7) is 1.98. The summed E-state index contributed by atoms with van der Waals surface area (Å²) in [4.78, 5) is 32.5. The van der Waals surface area contributed by atoms with E-state index >= 15 is 0 Å². The van der Waals surface area contributed by atoms with Gasteiger partial charge in [0, 0.05) is 11.9 Å². The molecule has 3 aromatic heterocycles. The molecule has 7 heteroatoms. The average molecular weight is 386 g/mol. The van der Waals surface area contributed by atoms with Gasteiger partial charge in [-0.3, -0.25) is 9.78 Å². The highest BCUT2D eigenvalue weighted by atomic mass is 32.1. The van der Waals surface area contributed by atoms with Crippen LogP contribution in [0.5, 0.6) is 0 Å². The number of thiophene rings is 2. The molecule has 0 aromatic carbocycles. The second-order valence-corrected chi connectivity index (χ2v) is 7.69. The Balaban J connectivity index is 1.58. The van der Waals surface area contributed by atoms with Crippen LogP contribution in [0.3, 0.4) is 0 Å². The van der Waals surface area contributed by atoms with Crippen LogP contribution in [-0.4, -0.2) is 35.4 Å². The molecule has 0 saturated carbocycles. The fraction of sp³-hybridized carbons (Fsp3) is 0.211. The summed E-state index contributed by atoms with van der Waals surface area (Å²) in [5.41, 5.74) is 1.78. The summed E-state index contributed by atoms with van der Waals surface area (Å²) in [6, 6.07) is 11.3. The molecule has 0 aliphatic rings. The van der Waals surface area contributed by atoms with Crippen LogP contribution in [0.2, 0.25) is 0 Å². The van der Waals surface area contributed by atoms with Crippen molar-refractivity contribution in [3.8, 4) is 10.6 Å². The van der Waals surface area contributed by atoms with Crippen molar-refractivity contribution in [2.75, 3.05) is 13.7 Å².